The summed E-state index contributed by atoms with van der Waals surface area (Å²) in [4.78, 5) is 30.3. The summed E-state index contributed by atoms with van der Waals surface area (Å²) in [6.07, 6.45) is 0. The summed E-state index contributed by atoms with van der Waals surface area (Å²) in [5.41, 5.74) is 0. The van der Waals surface area contributed by atoms with Crippen LogP contribution in [0.25, 0.3) is 0 Å². The molecule has 1 unspecified atom stereocenters. The average molecular weight is 296 g/mol. The fraction of sp³-hybridized carbons (Fsp3) is 0.867. The van der Waals surface area contributed by atoms with E-state index in [9.17, 15) is 9.59 Å². The summed E-state index contributed by atoms with van der Waals surface area (Å²) >= 11 is 0. The maximum atomic E-state index is 12.4. The van der Waals surface area contributed by atoms with Gasteiger partial charge < -0.3 is 20.0 Å². The van der Waals surface area contributed by atoms with E-state index in [0.29, 0.717) is 32.1 Å². The van der Waals surface area contributed by atoms with Gasteiger partial charge in [0.05, 0.1) is 0 Å². The van der Waals surface area contributed by atoms with Crippen LogP contribution < -0.4 is 5.32 Å². The third-order valence-electron chi connectivity index (χ3n) is 4.81. The van der Waals surface area contributed by atoms with Gasteiger partial charge in [-0.05, 0) is 32.9 Å². The average Bonchev–Trinajstić information content (AvgIpc) is 2.46. The van der Waals surface area contributed by atoms with Gasteiger partial charge in [0.25, 0.3) is 0 Å². The van der Waals surface area contributed by atoms with E-state index < -0.39 is 0 Å². The van der Waals surface area contributed by atoms with Gasteiger partial charge in [0.1, 0.15) is 0 Å². The number of piperazine rings is 1. The van der Waals surface area contributed by atoms with Crippen molar-refractivity contribution < 1.29 is 9.59 Å². The number of rotatable bonds is 4. The van der Waals surface area contributed by atoms with E-state index in [4.69, 9.17) is 0 Å². The Morgan fingerprint density at radius 3 is 2.05 bits per heavy atom. The molecule has 0 bridgehead atoms. The normalized spacial score (nSPS) is 20.9. The molecule has 0 aromatic heterocycles. The maximum Gasteiger partial charge on any atom is 0.320 e. The summed E-state index contributed by atoms with van der Waals surface area (Å²) in [6, 6.07) is 0.100. The van der Waals surface area contributed by atoms with Gasteiger partial charge in [0.2, 0.25) is 5.91 Å². The molecule has 0 aliphatic carbocycles. The molecule has 1 N–H and O–H groups in total. The van der Waals surface area contributed by atoms with Crippen LogP contribution in [-0.4, -0.2) is 79.0 Å². The Morgan fingerprint density at radius 2 is 1.62 bits per heavy atom. The molecule has 2 saturated heterocycles. The van der Waals surface area contributed by atoms with Gasteiger partial charge in [0, 0.05) is 45.2 Å². The number of nitrogens with one attached hydrogen (secondary N) is 1. The molecule has 2 rings (SSSR count). The second kappa shape index (κ2) is 7.11. The highest BCUT2D eigenvalue weighted by Gasteiger charge is 2.33. The summed E-state index contributed by atoms with van der Waals surface area (Å²) in [5.74, 6) is 0.820. The highest BCUT2D eigenvalue weighted by molar-refractivity contribution is 5.80. The van der Waals surface area contributed by atoms with Gasteiger partial charge in [-0.25, -0.2) is 4.79 Å². The quantitative estimate of drug-likeness (QED) is 0.819. The topological polar surface area (TPSA) is 55.9 Å². The van der Waals surface area contributed by atoms with E-state index in [0.717, 1.165) is 26.2 Å². The zero-order valence-electron chi connectivity index (χ0n) is 13.5. The van der Waals surface area contributed by atoms with Gasteiger partial charge in [-0.2, -0.15) is 0 Å². The second-order valence-electron chi connectivity index (χ2n) is 5.97. The minimum absolute atomic E-state index is 0.0938. The fourth-order valence-electron chi connectivity index (χ4n) is 2.97. The first-order valence-corrected chi connectivity index (χ1v) is 8.11. The van der Waals surface area contributed by atoms with Crippen LogP contribution in [0.15, 0.2) is 0 Å². The number of hydrogen-bond donors (Lipinski definition) is 1. The molecule has 2 aliphatic heterocycles. The number of amides is 3. The highest BCUT2D eigenvalue weighted by atomic mass is 16.2. The lowest BCUT2D eigenvalue weighted by molar-refractivity contribution is -0.138. The minimum atomic E-state index is 0.0938. The summed E-state index contributed by atoms with van der Waals surface area (Å²) in [5, 5.41) is 3.22. The molecule has 0 radical (unpaired) electrons. The number of urea groups is 1. The molecule has 21 heavy (non-hydrogen) atoms. The third kappa shape index (κ3) is 3.48. The van der Waals surface area contributed by atoms with Crippen LogP contribution in [0.5, 0.6) is 0 Å². The Hall–Kier alpha value is -1.30. The van der Waals surface area contributed by atoms with Crippen molar-refractivity contribution >= 4 is 11.9 Å². The zero-order valence-corrected chi connectivity index (χ0v) is 13.5. The molecule has 2 aliphatic rings. The Balaban J connectivity index is 1.82. The molecule has 1 atom stereocenters. The first kappa shape index (κ1) is 16.1. The first-order chi connectivity index (χ1) is 10.1. The molecule has 6 nitrogen and oxygen atoms in total. The molecule has 0 spiro atoms. The highest BCUT2D eigenvalue weighted by Crippen LogP contribution is 2.19. The van der Waals surface area contributed by atoms with Crippen LogP contribution in [0.4, 0.5) is 4.79 Å². The monoisotopic (exact) mass is 296 g/mol. The molecule has 0 aromatic carbocycles. The van der Waals surface area contributed by atoms with E-state index in [-0.39, 0.29) is 17.9 Å². The van der Waals surface area contributed by atoms with Crippen LogP contribution in [0.3, 0.4) is 0 Å². The SMILES string of the molecule is CCN(CC)C(=O)N1CCN(C(=O)C(C)C2CNC2)CC1. The van der Waals surface area contributed by atoms with Crippen LogP contribution in [-0.2, 0) is 4.79 Å². The molecule has 120 valence electrons. The second-order valence-corrected chi connectivity index (χ2v) is 5.97. The standard InChI is InChI=1S/C15H28N4O2/c1-4-17(5-2)15(21)19-8-6-18(7-9-19)14(20)12(3)13-10-16-11-13/h12-13,16H,4-11H2,1-3H3. The van der Waals surface area contributed by atoms with Crippen molar-refractivity contribution in [3.8, 4) is 0 Å². The number of carbonyl (C=O) groups is 2. The zero-order chi connectivity index (χ0) is 15.4. The lowest BCUT2D eigenvalue weighted by Crippen LogP contribution is -2.56. The molecular formula is C15H28N4O2. The Bertz CT molecular complexity index is 372. The van der Waals surface area contributed by atoms with E-state index in [1.54, 1.807) is 0 Å². The predicted molar refractivity (Wildman–Crippen MR) is 82.0 cm³/mol. The van der Waals surface area contributed by atoms with Crippen molar-refractivity contribution in [3.05, 3.63) is 0 Å². The van der Waals surface area contributed by atoms with Crippen molar-refractivity contribution in [3.63, 3.8) is 0 Å². The Labute approximate surface area is 127 Å². The van der Waals surface area contributed by atoms with Gasteiger partial charge in [-0.15, -0.1) is 0 Å². The van der Waals surface area contributed by atoms with Crippen molar-refractivity contribution in [2.24, 2.45) is 11.8 Å². The largest absolute Gasteiger partial charge is 0.339 e. The molecule has 3 amide bonds. The predicted octanol–water partition coefficient (Wildman–Crippen LogP) is 0.448. The van der Waals surface area contributed by atoms with Crippen molar-refractivity contribution in [1.29, 1.82) is 0 Å². The van der Waals surface area contributed by atoms with Crippen molar-refractivity contribution in [2.75, 3.05) is 52.4 Å². The number of carbonyl (C=O) groups excluding carboxylic acids is 2. The van der Waals surface area contributed by atoms with Crippen molar-refractivity contribution in [1.82, 2.24) is 20.0 Å². The first-order valence-electron chi connectivity index (χ1n) is 8.11. The molecule has 2 fully saturated rings. The summed E-state index contributed by atoms with van der Waals surface area (Å²) in [6.45, 7) is 12.0. The van der Waals surface area contributed by atoms with Gasteiger partial charge >= 0.3 is 6.03 Å². The Morgan fingerprint density at radius 1 is 1.10 bits per heavy atom. The minimum Gasteiger partial charge on any atom is -0.339 e. The van der Waals surface area contributed by atoms with E-state index in [1.165, 1.54) is 0 Å². The van der Waals surface area contributed by atoms with E-state index in [2.05, 4.69) is 5.32 Å². The van der Waals surface area contributed by atoms with Crippen LogP contribution in [0.1, 0.15) is 20.8 Å². The van der Waals surface area contributed by atoms with E-state index in [1.807, 2.05) is 35.5 Å². The lowest BCUT2D eigenvalue weighted by atomic mass is 9.88. The van der Waals surface area contributed by atoms with Crippen molar-refractivity contribution in [2.45, 2.75) is 20.8 Å². The number of hydrogen-bond acceptors (Lipinski definition) is 3. The van der Waals surface area contributed by atoms with Crippen LogP contribution in [0.2, 0.25) is 0 Å². The van der Waals surface area contributed by atoms with E-state index >= 15 is 0 Å². The number of nitrogens with zero attached hydrogens (tertiary/aromatic N) is 3. The molecule has 0 aromatic rings. The van der Waals surface area contributed by atoms with Crippen LogP contribution in [0, 0.1) is 11.8 Å². The molecule has 0 saturated carbocycles. The molecule has 6 heteroatoms. The third-order valence-corrected chi connectivity index (χ3v) is 4.81. The van der Waals surface area contributed by atoms with Gasteiger partial charge in [0.15, 0.2) is 0 Å². The summed E-state index contributed by atoms with van der Waals surface area (Å²) in [7, 11) is 0. The maximum absolute atomic E-state index is 12.4. The smallest absolute Gasteiger partial charge is 0.320 e. The lowest BCUT2D eigenvalue weighted by Gasteiger charge is -2.40. The Kier molecular flexibility index (Phi) is 5.45. The van der Waals surface area contributed by atoms with Gasteiger partial charge in [-0.3, -0.25) is 4.79 Å². The molecule has 2 heterocycles. The molecular weight excluding hydrogens is 268 g/mol. The fourth-order valence-corrected chi connectivity index (χ4v) is 2.97. The van der Waals surface area contributed by atoms with Crippen LogP contribution >= 0.6 is 0 Å². The van der Waals surface area contributed by atoms with Gasteiger partial charge in [-0.1, -0.05) is 6.92 Å². The summed E-state index contributed by atoms with van der Waals surface area (Å²) < 4.78 is 0.